The molecule has 0 spiro atoms. The van der Waals surface area contributed by atoms with Crippen LogP contribution >= 0.6 is 11.6 Å². The summed E-state index contributed by atoms with van der Waals surface area (Å²) in [6.45, 7) is 3.83. The minimum absolute atomic E-state index is 0.0149. The molecule has 0 saturated carbocycles. The second kappa shape index (κ2) is 13.0. The Morgan fingerprint density at radius 3 is 2.59 bits per heavy atom. The number of rotatable bonds is 10. The molecular weight excluding hydrogens is 598 g/mol. The Balaban J connectivity index is 1.59. The predicted octanol–water partition coefficient (Wildman–Crippen LogP) is 6.35. The molecule has 3 aromatic carbocycles. The highest BCUT2D eigenvalue weighted by Crippen LogP contribution is 2.56. The van der Waals surface area contributed by atoms with E-state index in [2.05, 4.69) is 5.32 Å². The number of hydrogen-bond acceptors (Lipinski definition) is 6. The number of fused-ring (bicyclic) bond motifs is 1. The van der Waals surface area contributed by atoms with Gasteiger partial charge >= 0.3 is 6.09 Å². The van der Waals surface area contributed by atoms with Crippen LogP contribution in [0, 0.1) is 11.6 Å². The number of amides is 2. The number of ether oxygens (including phenoxy) is 4. The lowest BCUT2D eigenvalue weighted by atomic mass is 9.77. The van der Waals surface area contributed by atoms with Crippen molar-refractivity contribution in [2.45, 2.75) is 57.0 Å². The van der Waals surface area contributed by atoms with Gasteiger partial charge in [-0.2, -0.15) is 0 Å². The van der Waals surface area contributed by atoms with Gasteiger partial charge in [0.2, 0.25) is 5.91 Å². The van der Waals surface area contributed by atoms with E-state index >= 15 is 8.78 Å². The Labute approximate surface area is 258 Å². The minimum Gasteiger partial charge on any atom is -0.488 e. The van der Waals surface area contributed by atoms with Crippen molar-refractivity contribution in [1.82, 2.24) is 5.32 Å². The van der Waals surface area contributed by atoms with Gasteiger partial charge in [0.15, 0.2) is 23.5 Å². The Bertz CT molecular complexity index is 1550. The maximum Gasteiger partial charge on any atom is 0.404 e. The van der Waals surface area contributed by atoms with Crippen molar-refractivity contribution < 1.29 is 42.4 Å². The molecular formula is C32H33ClF2N2O7. The lowest BCUT2D eigenvalue weighted by Gasteiger charge is -2.33. The van der Waals surface area contributed by atoms with Crippen LogP contribution < -0.4 is 20.5 Å². The van der Waals surface area contributed by atoms with E-state index in [4.69, 9.17) is 36.3 Å². The molecule has 1 saturated heterocycles. The number of benzene rings is 3. The van der Waals surface area contributed by atoms with Crippen LogP contribution in [0.1, 0.15) is 60.5 Å². The summed E-state index contributed by atoms with van der Waals surface area (Å²) in [4.78, 5) is 24.1. The van der Waals surface area contributed by atoms with E-state index in [0.29, 0.717) is 12.2 Å². The highest BCUT2D eigenvalue weighted by Gasteiger charge is 2.50. The van der Waals surface area contributed by atoms with E-state index in [1.807, 2.05) is 0 Å². The van der Waals surface area contributed by atoms with Crippen molar-refractivity contribution in [2.75, 3.05) is 19.8 Å². The van der Waals surface area contributed by atoms with Crippen LogP contribution in [0.25, 0.3) is 11.1 Å². The van der Waals surface area contributed by atoms with E-state index in [1.54, 1.807) is 44.2 Å². The number of nitrogens with two attached hydrogens (primary N) is 1. The second-order valence-corrected chi connectivity index (χ2v) is 11.3. The highest BCUT2D eigenvalue weighted by molar-refractivity contribution is 6.34. The molecule has 0 bridgehead atoms. The summed E-state index contributed by atoms with van der Waals surface area (Å²) in [6, 6.07) is 12.4. The first-order chi connectivity index (χ1) is 21.0. The lowest BCUT2D eigenvalue weighted by Crippen LogP contribution is -2.45. The van der Waals surface area contributed by atoms with Crippen molar-refractivity contribution in [3.05, 3.63) is 81.9 Å². The number of carbonyl (C=O) groups excluding carboxylic acids is 1. The molecule has 0 aliphatic carbocycles. The van der Waals surface area contributed by atoms with Gasteiger partial charge in [-0.3, -0.25) is 4.79 Å². The summed E-state index contributed by atoms with van der Waals surface area (Å²) in [7, 11) is 0. The van der Waals surface area contributed by atoms with Gasteiger partial charge in [-0.1, -0.05) is 48.9 Å². The molecule has 2 aliphatic rings. The van der Waals surface area contributed by atoms with E-state index in [1.165, 1.54) is 12.1 Å². The smallest absolute Gasteiger partial charge is 0.404 e. The molecule has 4 atom stereocenters. The third kappa shape index (κ3) is 6.04. The molecule has 1 fully saturated rings. The van der Waals surface area contributed by atoms with Gasteiger partial charge in [0.25, 0.3) is 0 Å². The number of carbonyl (C=O) groups is 2. The molecule has 2 amide bonds. The third-order valence-corrected chi connectivity index (χ3v) is 8.40. The van der Waals surface area contributed by atoms with E-state index < -0.39 is 46.3 Å². The van der Waals surface area contributed by atoms with Gasteiger partial charge < -0.3 is 35.1 Å². The second-order valence-electron chi connectivity index (χ2n) is 10.9. The van der Waals surface area contributed by atoms with Crippen LogP contribution in [-0.2, 0) is 15.1 Å². The molecule has 2 heterocycles. The average Bonchev–Trinajstić information content (AvgIpc) is 3.28. The first-order valence-corrected chi connectivity index (χ1v) is 14.7. The van der Waals surface area contributed by atoms with Crippen LogP contribution in [0.2, 0.25) is 5.02 Å². The standard InChI is InChI=1S/C32H33ClF2N2O7/c1-17(43-24-10-6-7-13-41-24)15-42-22-12-11-20(30(36)38)26(29(22)35)27-25-18(2)32(16-37-31(39)40,19-8-4-3-5-9-19)44-23(25)14-21(34)28(27)33/h3-5,8-9,11-12,14,17-18,24,37H,6-7,10,13,15-16H2,1-2H3,(H2,36,38)(H,39,40)/t17-,18-,24?,32-/m0/s1. The van der Waals surface area contributed by atoms with Gasteiger partial charge in [-0.05, 0) is 43.9 Å². The molecule has 4 N–H and O–H groups in total. The van der Waals surface area contributed by atoms with Crippen LogP contribution in [0.5, 0.6) is 11.5 Å². The van der Waals surface area contributed by atoms with E-state index in [-0.39, 0.29) is 53.2 Å². The van der Waals surface area contributed by atoms with Gasteiger partial charge in [0.1, 0.15) is 18.2 Å². The van der Waals surface area contributed by atoms with Crippen molar-refractivity contribution in [1.29, 1.82) is 0 Å². The molecule has 3 aromatic rings. The number of halogens is 3. The molecule has 2 aliphatic heterocycles. The monoisotopic (exact) mass is 630 g/mol. The zero-order chi connectivity index (χ0) is 31.6. The fourth-order valence-electron chi connectivity index (χ4n) is 5.86. The van der Waals surface area contributed by atoms with Gasteiger partial charge in [-0.25, -0.2) is 13.6 Å². The van der Waals surface area contributed by atoms with E-state index in [0.717, 1.165) is 25.3 Å². The lowest BCUT2D eigenvalue weighted by molar-refractivity contribution is -0.189. The minimum atomic E-state index is -1.36. The zero-order valence-corrected chi connectivity index (χ0v) is 25.0. The third-order valence-electron chi connectivity index (χ3n) is 8.03. The van der Waals surface area contributed by atoms with Crippen molar-refractivity contribution in [3.8, 4) is 22.6 Å². The van der Waals surface area contributed by atoms with Crippen LogP contribution in [0.3, 0.4) is 0 Å². The number of nitrogens with one attached hydrogen (secondary N) is 1. The topological polar surface area (TPSA) is 129 Å². The number of hydrogen-bond donors (Lipinski definition) is 3. The van der Waals surface area contributed by atoms with Gasteiger partial charge in [0.05, 0.1) is 23.2 Å². The summed E-state index contributed by atoms with van der Waals surface area (Å²) in [5.74, 6) is -3.82. The van der Waals surface area contributed by atoms with Crippen LogP contribution in [0.15, 0.2) is 48.5 Å². The Kier molecular flexibility index (Phi) is 9.28. The Morgan fingerprint density at radius 1 is 1.18 bits per heavy atom. The first kappa shape index (κ1) is 31.5. The molecule has 234 valence electrons. The van der Waals surface area contributed by atoms with Gasteiger partial charge in [-0.15, -0.1) is 0 Å². The fourth-order valence-corrected chi connectivity index (χ4v) is 6.11. The van der Waals surface area contributed by atoms with E-state index in [9.17, 15) is 14.7 Å². The number of primary amides is 1. The van der Waals surface area contributed by atoms with Gasteiger partial charge in [0, 0.05) is 35.3 Å². The molecule has 0 aromatic heterocycles. The summed E-state index contributed by atoms with van der Waals surface area (Å²) < 4.78 is 55.5. The summed E-state index contributed by atoms with van der Waals surface area (Å²) in [5.41, 5.74) is 4.42. The van der Waals surface area contributed by atoms with Crippen LogP contribution in [-0.4, -0.2) is 49.3 Å². The molecule has 5 rings (SSSR count). The van der Waals surface area contributed by atoms with Crippen molar-refractivity contribution >= 4 is 23.6 Å². The number of carboxylic acid groups (broad SMARTS) is 1. The quantitative estimate of drug-likeness (QED) is 0.238. The van der Waals surface area contributed by atoms with Crippen molar-refractivity contribution in [2.24, 2.45) is 5.73 Å². The summed E-state index contributed by atoms with van der Waals surface area (Å²) >= 11 is 6.55. The van der Waals surface area contributed by atoms with Crippen LogP contribution in [0.4, 0.5) is 13.6 Å². The predicted molar refractivity (Wildman–Crippen MR) is 158 cm³/mol. The SMILES string of the molecule is C[C@@H](COc1ccc(C(N)=O)c(-c2c(Cl)c(F)cc3c2[C@H](C)[C@@](CNC(=O)O)(c2ccccc2)O3)c1F)OC1CCCCO1. The molecule has 1 unspecified atom stereocenters. The molecule has 0 radical (unpaired) electrons. The average molecular weight is 631 g/mol. The highest BCUT2D eigenvalue weighted by atomic mass is 35.5. The first-order valence-electron chi connectivity index (χ1n) is 14.3. The summed E-state index contributed by atoms with van der Waals surface area (Å²) in [6.07, 6.45) is 0.548. The largest absolute Gasteiger partial charge is 0.488 e. The zero-order valence-electron chi connectivity index (χ0n) is 24.2. The normalized spacial score (nSPS) is 21.7. The summed E-state index contributed by atoms with van der Waals surface area (Å²) in [5, 5.41) is 11.3. The van der Waals surface area contributed by atoms with Crippen molar-refractivity contribution in [3.63, 3.8) is 0 Å². The Hall–Kier alpha value is -3.93. The maximum atomic E-state index is 16.5. The maximum absolute atomic E-state index is 16.5. The molecule has 9 nitrogen and oxygen atoms in total. The fraction of sp³-hybridized carbons (Fsp3) is 0.375. The molecule has 12 heteroatoms. The Morgan fingerprint density at radius 2 is 1.93 bits per heavy atom. The molecule has 44 heavy (non-hydrogen) atoms.